The van der Waals surface area contributed by atoms with Crippen LogP contribution >= 0.6 is 0 Å². The third-order valence-electron chi connectivity index (χ3n) is 3.49. The Morgan fingerprint density at radius 3 is 2.59 bits per heavy atom. The quantitative estimate of drug-likeness (QED) is 0.820. The van der Waals surface area contributed by atoms with Crippen molar-refractivity contribution in [2.75, 3.05) is 0 Å². The van der Waals surface area contributed by atoms with E-state index in [0.717, 1.165) is 5.39 Å². The molecule has 5 heteroatoms. The van der Waals surface area contributed by atoms with E-state index in [9.17, 15) is 9.59 Å². The third kappa shape index (κ3) is 3.67. The first-order valence-corrected chi connectivity index (χ1v) is 7.23. The van der Waals surface area contributed by atoms with Crippen LogP contribution in [0.1, 0.15) is 33.6 Å². The molecule has 0 saturated carbocycles. The zero-order chi connectivity index (χ0) is 16.3. The summed E-state index contributed by atoms with van der Waals surface area (Å²) in [5, 5.41) is 9.89. The van der Waals surface area contributed by atoms with Crippen LogP contribution in [0.2, 0.25) is 0 Å². The molecule has 0 fully saturated rings. The smallest absolute Gasteiger partial charge is 0.320 e. The zero-order valence-electron chi connectivity index (χ0n) is 13.0. The first-order valence-electron chi connectivity index (χ1n) is 7.23. The summed E-state index contributed by atoms with van der Waals surface area (Å²) in [5.41, 5.74) is -0.465. The van der Waals surface area contributed by atoms with Gasteiger partial charge in [-0.05, 0) is 25.3 Å². The van der Waals surface area contributed by atoms with Crippen molar-refractivity contribution in [3.05, 3.63) is 30.3 Å². The number of carboxylic acid groups (broad SMARTS) is 1. The number of hydrogen-bond acceptors (Lipinski definition) is 4. The highest BCUT2D eigenvalue weighted by Crippen LogP contribution is 2.33. The molecule has 2 aromatic rings. The fraction of sp³-hybridized carbons (Fsp3) is 0.412. The van der Waals surface area contributed by atoms with E-state index in [1.807, 2.05) is 32.0 Å². The Morgan fingerprint density at radius 1 is 1.32 bits per heavy atom. The van der Waals surface area contributed by atoms with Crippen molar-refractivity contribution in [1.82, 2.24) is 0 Å². The summed E-state index contributed by atoms with van der Waals surface area (Å²) in [4.78, 5) is 23.5. The minimum absolute atomic E-state index is 0.0894. The van der Waals surface area contributed by atoms with Crippen molar-refractivity contribution in [3.63, 3.8) is 0 Å². The first-order chi connectivity index (χ1) is 10.3. The van der Waals surface area contributed by atoms with E-state index < -0.39 is 17.4 Å². The van der Waals surface area contributed by atoms with Gasteiger partial charge in [-0.15, -0.1) is 0 Å². The van der Waals surface area contributed by atoms with Gasteiger partial charge in [-0.2, -0.15) is 0 Å². The highest BCUT2D eigenvalue weighted by molar-refractivity contribution is 5.85. The number of aliphatic carboxylic acids is 1. The molecule has 1 aromatic carbocycles. The predicted molar refractivity (Wildman–Crippen MR) is 81.7 cm³/mol. The van der Waals surface area contributed by atoms with E-state index in [0.29, 0.717) is 12.0 Å². The van der Waals surface area contributed by atoms with Crippen LogP contribution in [0.4, 0.5) is 0 Å². The number of rotatable bonds is 6. The fourth-order valence-electron chi connectivity index (χ4n) is 2.68. The molecule has 0 aliphatic heterocycles. The van der Waals surface area contributed by atoms with Gasteiger partial charge in [0.15, 0.2) is 0 Å². The number of furan rings is 1. The van der Waals surface area contributed by atoms with Gasteiger partial charge in [-0.1, -0.05) is 32.0 Å². The van der Waals surface area contributed by atoms with Gasteiger partial charge in [0.2, 0.25) is 0 Å². The number of para-hydroxylation sites is 1. The van der Waals surface area contributed by atoms with Crippen molar-refractivity contribution in [2.45, 2.75) is 33.6 Å². The number of benzene rings is 1. The Bertz CT molecular complexity index is 652. The molecule has 1 aromatic heterocycles. The Labute approximate surface area is 128 Å². The van der Waals surface area contributed by atoms with E-state index in [1.54, 1.807) is 19.1 Å². The number of carboxylic acids is 1. The minimum Gasteiger partial charge on any atom is -0.481 e. The summed E-state index contributed by atoms with van der Waals surface area (Å²) in [6.45, 7) is 5.50. The van der Waals surface area contributed by atoms with Gasteiger partial charge in [0.05, 0.1) is 11.8 Å². The maximum atomic E-state index is 12.4. The van der Waals surface area contributed by atoms with E-state index in [2.05, 4.69) is 0 Å². The van der Waals surface area contributed by atoms with Gasteiger partial charge in [-0.25, -0.2) is 0 Å². The van der Waals surface area contributed by atoms with E-state index in [-0.39, 0.29) is 18.3 Å². The van der Waals surface area contributed by atoms with Gasteiger partial charge in [0.25, 0.3) is 5.95 Å². The largest absolute Gasteiger partial charge is 0.481 e. The summed E-state index contributed by atoms with van der Waals surface area (Å²) in [7, 11) is 0. The molecular formula is C17H20O5. The van der Waals surface area contributed by atoms with Crippen molar-refractivity contribution in [2.24, 2.45) is 11.3 Å². The second-order valence-electron chi connectivity index (χ2n) is 6.22. The van der Waals surface area contributed by atoms with Crippen molar-refractivity contribution in [3.8, 4) is 5.95 Å². The topological polar surface area (TPSA) is 76.7 Å². The molecule has 1 N–H and O–H groups in total. The molecule has 0 saturated heterocycles. The van der Waals surface area contributed by atoms with Gasteiger partial charge >= 0.3 is 11.9 Å². The maximum absolute atomic E-state index is 12.4. The number of esters is 1. The van der Waals surface area contributed by atoms with Crippen molar-refractivity contribution < 1.29 is 23.8 Å². The number of carbonyl (C=O) groups is 2. The molecule has 0 aliphatic carbocycles. The van der Waals surface area contributed by atoms with Crippen molar-refractivity contribution in [1.29, 1.82) is 0 Å². The number of hydrogen-bond donors (Lipinski definition) is 1. The van der Waals surface area contributed by atoms with Crippen molar-refractivity contribution >= 4 is 22.9 Å². The first kappa shape index (κ1) is 16.1. The minimum atomic E-state index is -1.08. The Hall–Kier alpha value is -2.30. The van der Waals surface area contributed by atoms with E-state index >= 15 is 0 Å². The molecule has 0 amide bonds. The second kappa shape index (κ2) is 6.22. The molecule has 118 valence electrons. The average Bonchev–Trinajstić information content (AvgIpc) is 2.78. The Morgan fingerprint density at radius 2 is 2.00 bits per heavy atom. The molecule has 0 unspecified atom stereocenters. The Balaban J connectivity index is 2.21. The molecule has 1 atom stereocenters. The predicted octanol–water partition coefficient (Wildman–Crippen LogP) is 3.87. The summed E-state index contributed by atoms with van der Waals surface area (Å²) >= 11 is 0. The lowest BCUT2D eigenvalue weighted by atomic mass is 9.79. The zero-order valence-corrected chi connectivity index (χ0v) is 13.0. The fourth-order valence-corrected chi connectivity index (χ4v) is 2.68. The molecule has 0 bridgehead atoms. The highest BCUT2D eigenvalue weighted by atomic mass is 16.6. The molecule has 0 aliphatic rings. The highest BCUT2D eigenvalue weighted by Gasteiger charge is 2.38. The summed E-state index contributed by atoms with van der Waals surface area (Å²) in [6.07, 6.45) is 0.155. The van der Waals surface area contributed by atoms with E-state index in [4.69, 9.17) is 14.3 Å². The van der Waals surface area contributed by atoms with Crippen LogP contribution in [0.25, 0.3) is 11.0 Å². The van der Waals surface area contributed by atoms with Crippen LogP contribution in [-0.4, -0.2) is 17.0 Å². The molecule has 2 rings (SSSR count). The van der Waals surface area contributed by atoms with Crippen LogP contribution in [-0.2, 0) is 9.59 Å². The summed E-state index contributed by atoms with van der Waals surface area (Å²) in [5.74, 6) is -1.34. The standard InChI is InChI=1S/C17H20O5/c1-11(2)9-17(3,10-14(18)19)16(20)22-15-8-12-6-4-5-7-13(12)21-15/h4-8,11H,9-10H2,1-3H3,(H,18,19)/t17-/m1/s1. The summed E-state index contributed by atoms with van der Waals surface area (Å²) < 4.78 is 10.8. The maximum Gasteiger partial charge on any atom is 0.320 e. The molecular weight excluding hydrogens is 284 g/mol. The number of ether oxygens (including phenoxy) is 1. The number of carbonyl (C=O) groups excluding carboxylic acids is 1. The monoisotopic (exact) mass is 304 g/mol. The van der Waals surface area contributed by atoms with Crippen LogP contribution in [0.3, 0.4) is 0 Å². The normalized spacial score (nSPS) is 14.0. The molecule has 0 radical (unpaired) electrons. The molecule has 5 nitrogen and oxygen atoms in total. The van der Waals surface area contributed by atoms with Crippen LogP contribution < -0.4 is 4.74 Å². The summed E-state index contributed by atoms with van der Waals surface area (Å²) in [6, 6.07) is 8.93. The third-order valence-corrected chi connectivity index (χ3v) is 3.49. The second-order valence-corrected chi connectivity index (χ2v) is 6.22. The van der Waals surface area contributed by atoms with Gasteiger partial charge in [0, 0.05) is 11.5 Å². The Kier molecular flexibility index (Phi) is 4.54. The molecule has 0 spiro atoms. The van der Waals surface area contributed by atoms with Gasteiger partial charge in [0.1, 0.15) is 5.58 Å². The number of fused-ring (bicyclic) bond motifs is 1. The molecule has 1 heterocycles. The molecule has 22 heavy (non-hydrogen) atoms. The lowest BCUT2D eigenvalue weighted by Crippen LogP contribution is -2.35. The van der Waals surface area contributed by atoms with E-state index in [1.165, 1.54) is 0 Å². The van der Waals surface area contributed by atoms with Gasteiger partial charge in [-0.3, -0.25) is 9.59 Å². The van der Waals surface area contributed by atoms with Crippen LogP contribution in [0, 0.1) is 11.3 Å². The van der Waals surface area contributed by atoms with Crippen LogP contribution in [0.5, 0.6) is 5.95 Å². The van der Waals surface area contributed by atoms with Crippen LogP contribution in [0.15, 0.2) is 34.7 Å². The SMILES string of the molecule is CC(C)C[C@](C)(CC(=O)O)C(=O)Oc1cc2ccccc2o1. The lowest BCUT2D eigenvalue weighted by Gasteiger charge is -2.26. The lowest BCUT2D eigenvalue weighted by molar-refractivity contribution is -0.154. The van der Waals surface area contributed by atoms with Gasteiger partial charge < -0.3 is 14.3 Å². The average molecular weight is 304 g/mol.